The summed E-state index contributed by atoms with van der Waals surface area (Å²) < 4.78 is 65.3. The van der Waals surface area contributed by atoms with Gasteiger partial charge in [-0.3, -0.25) is 4.90 Å². The lowest BCUT2D eigenvalue weighted by atomic mass is 10.0. The molecule has 3 rings (SSSR count). The first kappa shape index (κ1) is 19.6. The van der Waals surface area contributed by atoms with Crippen LogP contribution in [-0.4, -0.2) is 48.8 Å². The lowest BCUT2D eigenvalue weighted by molar-refractivity contribution is -0.137. The van der Waals surface area contributed by atoms with E-state index < -0.39 is 21.8 Å². The minimum atomic E-state index is -4.47. The van der Waals surface area contributed by atoms with Crippen LogP contribution in [0, 0.1) is 0 Å². The Kier molecular flexibility index (Phi) is 5.38. The smallest absolute Gasteiger partial charge is 0.294 e. The Hall–Kier alpha value is -1.12. The fourth-order valence-corrected chi connectivity index (χ4v) is 5.80. The first-order valence-corrected chi connectivity index (χ1v) is 10.5. The number of likely N-dealkylation sites (tertiary alicyclic amines) is 1. The van der Waals surface area contributed by atoms with E-state index >= 15 is 0 Å². The first-order chi connectivity index (χ1) is 12.1. The van der Waals surface area contributed by atoms with Crippen molar-refractivity contribution in [2.24, 2.45) is 0 Å². The van der Waals surface area contributed by atoms with Gasteiger partial charge in [0.2, 0.25) is 10.0 Å². The Morgan fingerprint density at radius 2 is 1.58 bits per heavy atom. The summed E-state index contributed by atoms with van der Waals surface area (Å²) in [6, 6.07) is 4.82. The molecular weight excluding hydrogens is 365 g/mol. The molecule has 0 N–H and O–H groups in total. The lowest BCUT2D eigenvalue weighted by Gasteiger charge is -2.41. The summed E-state index contributed by atoms with van der Waals surface area (Å²) in [5.41, 5.74) is -0.840. The van der Waals surface area contributed by atoms with E-state index in [4.69, 9.17) is 0 Å². The predicted octanol–water partition coefficient (Wildman–Crippen LogP) is 3.73. The Labute approximate surface area is 153 Å². The van der Waals surface area contributed by atoms with Crippen LogP contribution in [-0.2, 0) is 16.2 Å². The summed E-state index contributed by atoms with van der Waals surface area (Å²) in [7, 11) is -3.78. The van der Waals surface area contributed by atoms with Crippen molar-refractivity contribution < 1.29 is 21.6 Å². The van der Waals surface area contributed by atoms with Gasteiger partial charge in [-0.25, -0.2) is 8.42 Å². The topological polar surface area (TPSA) is 40.6 Å². The highest BCUT2D eigenvalue weighted by Gasteiger charge is 2.38. The van der Waals surface area contributed by atoms with Gasteiger partial charge in [0.15, 0.2) is 0 Å². The molecule has 2 aliphatic heterocycles. The summed E-state index contributed by atoms with van der Waals surface area (Å²) >= 11 is 0. The second-order valence-electron chi connectivity index (χ2n) is 7.40. The zero-order valence-corrected chi connectivity index (χ0v) is 15.9. The second kappa shape index (κ2) is 7.13. The molecule has 2 heterocycles. The zero-order chi connectivity index (χ0) is 19.1. The minimum absolute atomic E-state index is 0.0753. The highest BCUT2D eigenvalue weighted by molar-refractivity contribution is 7.89. The fraction of sp³-hybridized carbons (Fsp3) is 0.667. The van der Waals surface area contributed by atoms with Gasteiger partial charge in [-0.2, -0.15) is 17.5 Å². The van der Waals surface area contributed by atoms with Crippen molar-refractivity contribution in [1.82, 2.24) is 9.21 Å². The molecule has 0 radical (unpaired) electrons. The van der Waals surface area contributed by atoms with Crippen LogP contribution >= 0.6 is 0 Å². The van der Waals surface area contributed by atoms with Gasteiger partial charge in [-0.1, -0.05) is 0 Å². The maximum absolute atomic E-state index is 12.9. The third-order valence-electron chi connectivity index (χ3n) is 5.62. The van der Waals surface area contributed by atoms with Crippen molar-refractivity contribution >= 4 is 10.0 Å². The average molecular weight is 390 g/mol. The third kappa shape index (κ3) is 3.77. The van der Waals surface area contributed by atoms with Gasteiger partial charge >= 0.3 is 6.18 Å². The first-order valence-electron chi connectivity index (χ1n) is 9.05. The van der Waals surface area contributed by atoms with E-state index in [1.807, 2.05) is 0 Å². The molecule has 8 heteroatoms. The van der Waals surface area contributed by atoms with Gasteiger partial charge < -0.3 is 0 Å². The van der Waals surface area contributed by atoms with Gasteiger partial charge in [-0.05, 0) is 63.8 Å². The highest BCUT2D eigenvalue weighted by atomic mass is 32.2. The normalized spacial score (nSPS) is 29.2. The number of benzene rings is 1. The minimum Gasteiger partial charge on any atom is -0.294 e. The molecule has 2 aliphatic rings. The Morgan fingerprint density at radius 3 is 2.12 bits per heavy atom. The van der Waals surface area contributed by atoms with E-state index in [0.29, 0.717) is 25.2 Å². The molecule has 0 saturated carbocycles. The number of hydrogen-bond donors (Lipinski definition) is 0. The van der Waals surface area contributed by atoms with Crippen molar-refractivity contribution in [3.05, 3.63) is 29.8 Å². The summed E-state index contributed by atoms with van der Waals surface area (Å²) in [6.07, 6.45) is -0.526. The number of halogens is 3. The van der Waals surface area contributed by atoms with Crippen LogP contribution in [0.1, 0.15) is 45.1 Å². The number of alkyl halides is 3. The predicted molar refractivity (Wildman–Crippen MR) is 93.2 cm³/mol. The van der Waals surface area contributed by atoms with Crippen LogP contribution in [0.5, 0.6) is 0 Å². The molecular formula is C18H25F3N2O2S. The standard InChI is InChI=1S/C18H25F3N2O2S/c1-13-5-6-14(2)23(13)16-4-3-11-22(12-16)26(24,25)17-9-7-15(8-10-17)18(19,20)21/h7-10,13-14,16H,3-6,11-12H2,1-2H3/t13-,14+,16-/m1/s1. The van der Waals surface area contributed by atoms with E-state index in [9.17, 15) is 21.6 Å². The number of sulfonamides is 1. The van der Waals surface area contributed by atoms with Crippen LogP contribution in [0.15, 0.2) is 29.2 Å². The summed E-state index contributed by atoms with van der Waals surface area (Å²) in [5.74, 6) is 0. The maximum Gasteiger partial charge on any atom is 0.416 e. The molecule has 0 unspecified atom stereocenters. The van der Waals surface area contributed by atoms with Crippen molar-refractivity contribution in [3.63, 3.8) is 0 Å². The van der Waals surface area contributed by atoms with Crippen LogP contribution in [0.3, 0.4) is 0 Å². The summed E-state index contributed by atoms with van der Waals surface area (Å²) in [6.45, 7) is 5.16. The van der Waals surface area contributed by atoms with E-state index in [2.05, 4.69) is 18.7 Å². The third-order valence-corrected chi connectivity index (χ3v) is 7.50. The molecule has 1 aromatic rings. The van der Waals surface area contributed by atoms with Gasteiger partial charge in [0.25, 0.3) is 0 Å². The molecule has 2 fully saturated rings. The van der Waals surface area contributed by atoms with Gasteiger partial charge in [-0.15, -0.1) is 0 Å². The van der Waals surface area contributed by atoms with E-state index in [-0.39, 0.29) is 10.9 Å². The molecule has 2 saturated heterocycles. The molecule has 0 amide bonds. The summed E-state index contributed by atoms with van der Waals surface area (Å²) in [4.78, 5) is 2.34. The van der Waals surface area contributed by atoms with Crippen molar-refractivity contribution in [2.75, 3.05) is 13.1 Å². The van der Waals surface area contributed by atoms with Crippen molar-refractivity contribution in [3.8, 4) is 0 Å². The Bertz CT molecular complexity index is 724. The molecule has 3 atom stereocenters. The van der Waals surface area contributed by atoms with E-state index in [1.165, 1.54) is 4.31 Å². The summed E-state index contributed by atoms with van der Waals surface area (Å²) in [5, 5.41) is 0. The van der Waals surface area contributed by atoms with Gasteiger partial charge in [0.05, 0.1) is 10.5 Å². The van der Waals surface area contributed by atoms with Gasteiger partial charge in [0.1, 0.15) is 0 Å². The second-order valence-corrected chi connectivity index (χ2v) is 9.34. The van der Waals surface area contributed by atoms with Gasteiger partial charge in [0, 0.05) is 31.2 Å². The lowest BCUT2D eigenvalue weighted by Crippen LogP contribution is -2.52. The number of hydrogen-bond acceptors (Lipinski definition) is 3. The molecule has 1 aromatic carbocycles. The Morgan fingerprint density at radius 1 is 1.00 bits per heavy atom. The highest BCUT2D eigenvalue weighted by Crippen LogP contribution is 2.33. The monoisotopic (exact) mass is 390 g/mol. The Balaban J connectivity index is 1.78. The molecule has 4 nitrogen and oxygen atoms in total. The zero-order valence-electron chi connectivity index (χ0n) is 15.0. The number of piperidine rings is 1. The average Bonchev–Trinajstić information content (AvgIpc) is 2.93. The van der Waals surface area contributed by atoms with Crippen LogP contribution in [0.2, 0.25) is 0 Å². The molecule has 0 spiro atoms. The van der Waals surface area contributed by atoms with Crippen LogP contribution in [0.25, 0.3) is 0 Å². The molecule has 0 bridgehead atoms. The molecule has 0 aromatic heterocycles. The van der Waals surface area contributed by atoms with Crippen molar-refractivity contribution in [1.29, 1.82) is 0 Å². The van der Waals surface area contributed by atoms with Crippen LogP contribution < -0.4 is 0 Å². The molecule has 0 aliphatic carbocycles. The largest absolute Gasteiger partial charge is 0.416 e. The van der Waals surface area contributed by atoms with E-state index in [1.54, 1.807) is 0 Å². The number of rotatable bonds is 3. The van der Waals surface area contributed by atoms with Crippen LogP contribution in [0.4, 0.5) is 13.2 Å². The number of nitrogens with zero attached hydrogens (tertiary/aromatic N) is 2. The molecule has 146 valence electrons. The molecule has 26 heavy (non-hydrogen) atoms. The fourth-order valence-electron chi connectivity index (χ4n) is 4.28. The SMILES string of the molecule is C[C@@H]1CC[C@H](C)N1[C@@H]1CCCN(S(=O)(=O)c2ccc(C(F)(F)F)cc2)C1. The van der Waals surface area contributed by atoms with Crippen molar-refractivity contribution in [2.45, 2.75) is 68.7 Å². The maximum atomic E-state index is 12.9. The van der Waals surface area contributed by atoms with E-state index in [0.717, 1.165) is 49.9 Å². The quantitative estimate of drug-likeness (QED) is 0.790.